The molecule has 3 aromatic rings. The number of imidazole rings is 1. The van der Waals surface area contributed by atoms with Crippen LogP contribution in [0, 0.1) is 0 Å². The summed E-state index contributed by atoms with van der Waals surface area (Å²) in [5.74, 6) is 0.491. The summed E-state index contributed by atoms with van der Waals surface area (Å²) in [5.41, 5.74) is 1.87. The third-order valence-corrected chi connectivity index (χ3v) is 5.13. The number of ether oxygens (including phenoxy) is 1. The summed E-state index contributed by atoms with van der Waals surface area (Å²) in [6.07, 6.45) is -2.20. The van der Waals surface area contributed by atoms with Crippen LogP contribution in [-0.4, -0.2) is 63.1 Å². The highest BCUT2D eigenvalue weighted by molar-refractivity contribution is 7.84. The zero-order valence-corrected chi connectivity index (χ0v) is 16.4. The van der Waals surface area contributed by atoms with Gasteiger partial charge in [-0.3, -0.25) is 8.75 Å². The van der Waals surface area contributed by atoms with Gasteiger partial charge in [-0.25, -0.2) is 20.1 Å². The number of rotatable bonds is 7. The second kappa shape index (κ2) is 8.22. The number of fused-ring (bicyclic) bond motifs is 1. The van der Waals surface area contributed by atoms with Crippen molar-refractivity contribution in [1.29, 1.82) is 0 Å². The monoisotopic (exact) mass is 436 g/mol. The van der Waals surface area contributed by atoms with Crippen LogP contribution in [0.1, 0.15) is 11.8 Å². The van der Waals surface area contributed by atoms with Crippen molar-refractivity contribution in [3.63, 3.8) is 0 Å². The van der Waals surface area contributed by atoms with Crippen LogP contribution in [0.4, 0.5) is 5.82 Å². The summed E-state index contributed by atoms with van der Waals surface area (Å²) < 4.78 is 33.5. The molecule has 1 aliphatic rings. The maximum atomic E-state index is 11.0. The van der Waals surface area contributed by atoms with E-state index in [2.05, 4.69) is 24.5 Å². The van der Waals surface area contributed by atoms with Crippen molar-refractivity contribution in [3.8, 4) is 0 Å². The Hall–Kier alpha value is -2.68. The van der Waals surface area contributed by atoms with Gasteiger partial charge in [0.1, 0.15) is 24.6 Å². The Bertz CT molecular complexity index is 1120. The molecule has 1 aromatic carbocycles. The average Bonchev–Trinajstić information content (AvgIpc) is 3.27. The first kappa shape index (κ1) is 20.6. The van der Waals surface area contributed by atoms with Gasteiger partial charge < -0.3 is 20.3 Å². The van der Waals surface area contributed by atoms with Gasteiger partial charge >= 0.3 is 10.3 Å². The fraction of sp³-hybridized carbons (Fsp3) is 0.353. The lowest BCUT2D eigenvalue weighted by molar-refractivity contribution is -0.0467. The van der Waals surface area contributed by atoms with Crippen molar-refractivity contribution in [3.05, 3.63) is 48.5 Å². The summed E-state index contributed by atoms with van der Waals surface area (Å²) in [6, 6.07) is 9.73. The second-order valence-electron chi connectivity index (χ2n) is 6.71. The molecule has 5 N–H and O–H groups in total. The van der Waals surface area contributed by atoms with Gasteiger partial charge in [-0.05, 0) is 5.56 Å². The van der Waals surface area contributed by atoms with Gasteiger partial charge in [-0.2, -0.15) is 8.42 Å². The highest BCUT2D eigenvalue weighted by Gasteiger charge is 2.44. The molecule has 12 nitrogen and oxygen atoms in total. The Kier molecular flexibility index (Phi) is 5.64. The molecule has 1 aliphatic heterocycles. The lowest BCUT2D eigenvalue weighted by atomic mass is 10.1. The van der Waals surface area contributed by atoms with Gasteiger partial charge in [0.2, 0.25) is 0 Å². The molecule has 0 bridgehead atoms. The van der Waals surface area contributed by atoms with Crippen LogP contribution < -0.4 is 10.5 Å². The van der Waals surface area contributed by atoms with Crippen LogP contribution >= 0.6 is 0 Å². The fourth-order valence-corrected chi connectivity index (χ4v) is 3.53. The van der Waals surface area contributed by atoms with E-state index < -0.39 is 41.5 Å². The van der Waals surface area contributed by atoms with E-state index in [1.165, 1.54) is 17.2 Å². The van der Waals surface area contributed by atoms with Crippen LogP contribution in [0.5, 0.6) is 0 Å². The molecule has 1 saturated heterocycles. The Morgan fingerprint density at radius 1 is 1.17 bits per heavy atom. The van der Waals surface area contributed by atoms with Gasteiger partial charge in [0.25, 0.3) is 0 Å². The van der Waals surface area contributed by atoms with E-state index in [-0.39, 0.29) is 0 Å². The molecule has 160 valence electrons. The summed E-state index contributed by atoms with van der Waals surface area (Å²) in [6.45, 7) is -0.0207. The van der Waals surface area contributed by atoms with Crippen molar-refractivity contribution < 1.29 is 27.6 Å². The molecule has 0 radical (unpaired) electrons. The van der Waals surface area contributed by atoms with Gasteiger partial charge in [0.05, 0.1) is 12.9 Å². The van der Waals surface area contributed by atoms with E-state index in [4.69, 9.17) is 9.88 Å². The lowest BCUT2D eigenvalue weighted by Gasteiger charge is -2.16. The predicted octanol–water partition coefficient (Wildman–Crippen LogP) is -0.722. The first-order valence-corrected chi connectivity index (χ1v) is 10.4. The van der Waals surface area contributed by atoms with Gasteiger partial charge in [0, 0.05) is 6.54 Å². The second-order valence-corrected chi connectivity index (χ2v) is 7.93. The Balaban J connectivity index is 1.55. The number of anilines is 1. The quantitative estimate of drug-likeness (QED) is 0.370. The van der Waals surface area contributed by atoms with E-state index in [1.807, 2.05) is 30.3 Å². The zero-order valence-electron chi connectivity index (χ0n) is 15.6. The SMILES string of the molecule is NS(=O)(=O)OC[C@H]1O[C@@H](n2cnc3c(NCc4ccccc4)ncnc32)[C@H](O)[C@H]1O. The Morgan fingerprint density at radius 3 is 2.67 bits per heavy atom. The summed E-state index contributed by atoms with van der Waals surface area (Å²) in [7, 11) is -4.21. The first-order chi connectivity index (χ1) is 14.3. The number of hydrogen-bond acceptors (Lipinski definition) is 10. The van der Waals surface area contributed by atoms with Crippen LogP contribution in [0.2, 0.25) is 0 Å². The number of aromatic nitrogens is 4. The maximum Gasteiger partial charge on any atom is 0.333 e. The van der Waals surface area contributed by atoms with Crippen LogP contribution in [0.25, 0.3) is 11.2 Å². The number of nitrogens with two attached hydrogens (primary N) is 1. The average molecular weight is 436 g/mol. The standard InChI is InChI=1S/C17H20N6O6S/c18-30(26,27)28-7-11-13(24)14(25)17(29-11)23-9-22-12-15(20-8-21-16(12)23)19-6-10-4-2-1-3-5-10/h1-5,8-9,11,13-14,17,24-25H,6-7H2,(H2,18,26,27)(H,19,20,21)/t11-,13+,14-,17-/m1/s1. The molecule has 0 saturated carbocycles. The van der Waals surface area contributed by atoms with Gasteiger partial charge in [0.15, 0.2) is 23.2 Å². The molecule has 0 unspecified atom stereocenters. The Morgan fingerprint density at radius 2 is 1.93 bits per heavy atom. The summed E-state index contributed by atoms with van der Waals surface area (Å²) >= 11 is 0. The van der Waals surface area contributed by atoms with Crippen LogP contribution in [0.3, 0.4) is 0 Å². The normalized spacial score (nSPS) is 24.4. The van der Waals surface area contributed by atoms with Crippen LogP contribution in [0.15, 0.2) is 43.0 Å². The van der Waals surface area contributed by atoms with Crippen LogP contribution in [-0.2, 0) is 25.8 Å². The summed E-state index contributed by atoms with van der Waals surface area (Å²) in [4.78, 5) is 12.7. The fourth-order valence-electron chi connectivity index (χ4n) is 3.21. The van der Waals surface area contributed by atoms with Crippen molar-refractivity contribution >= 4 is 27.3 Å². The number of nitrogens with one attached hydrogen (secondary N) is 1. The largest absolute Gasteiger partial charge is 0.387 e. The topological polar surface area (TPSA) is 175 Å². The molecule has 0 aliphatic carbocycles. The molecule has 13 heteroatoms. The first-order valence-electron chi connectivity index (χ1n) is 8.97. The highest BCUT2D eigenvalue weighted by atomic mass is 32.2. The third-order valence-electron chi connectivity index (χ3n) is 4.67. The van der Waals surface area contributed by atoms with E-state index in [1.54, 1.807) is 0 Å². The highest BCUT2D eigenvalue weighted by Crippen LogP contribution is 2.32. The molecule has 30 heavy (non-hydrogen) atoms. The smallest absolute Gasteiger partial charge is 0.333 e. The number of hydrogen-bond donors (Lipinski definition) is 4. The maximum absolute atomic E-state index is 11.0. The predicted molar refractivity (Wildman–Crippen MR) is 104 cm³/mol. The van der Waals surface area contributed by atoms with Crippen molar-refractivity contribution in [2.45, 2.75) is 31.1 Å². The lowest BCUT2D eigenvalue weighted by Crippen LogP contribution is -2.35. The van der Waals surface area contributed by atoms with Gasteiger partial charge in [-0.1, -0.05) is 30.3 Å². The third kappa shape index (κ3) is 4.26. The number of benzene rings is 1. The number of aliphatic hydroxyl groups excluding tert-OH is 2. The molecule has 0 amide bonds. The van der Waals surface area contributed by atoms with E-state index >= 15 is 0 Å². The van der Waals surface area contributed by atoms with Crippen molar-refractivity contribution in [1.82, 2.24) is 19.5 Å². The van der Waals surface area contributed by atoms with E-state index in [0.29, 0.717) is 23.5 Å². The molecule has 3 heterocycles. The molecule has 2 aromatic heterocycles. The molecule has 0 spiro atoms. The zero-order chi connectivity index (χ0) is 21.3. The molecular formula is C17H20N6O6S. The van der Waals surface area contributed by atoms with E-state index in [9.17, 15) is 18.6 Å². The number of aliphatic hydroxyl groups is 2. The molecule has 1 fully saturated rings. The molecule has 4 rings (SSSR count). The Labute approximate surface area is 171 Å². The summed E-state index contributed by atoms with van der Waals surface area (Å²) in [5, 5.41) is 28.6. The minimum atomic E-state index is -4.21. The van der Waals surface area contributed by atoms with Crippen molar-refractivity contribution in [2.75, 3.05) is 11.9 Å². The van der Waals surface area contributed by atoms with E-state index in [0.717, 1.165) is 5.56 Å². The van der Waals surface area contributed by atoms with Crippen molar-refractivity contribution in [2.24, 2.45) is 5.14 Å². The molecule has 4 atom stereocenters. The van der Waals surface area contributed by atoms with Gasteiger partial charge in [-0.15, -0.1) is 0 Å². The minimum absolute atomic E-state index is 0.366. The minimum Gasteiger partial charge on any atom is -0.387 e. The molecular weight excluding hydrogens is 416 g/mol. The number of nitrogens with zero attached hydrogens (tertiary/aromatic N) is 4.